The number of carbonyl (C=O) groups excluding carboxylic acids is 2. The second kappa shape index (κ2) is 10.0. The van der Waals surface area contributed by atoms with Crippen molar-refractivity contribution in [2.75, 3.05) is 39.3 Å². The van der Waals surface area contributed by atoms with Crippen LogP contribution in [0.4, 0.5) is 4.39 Å². The van der Waals surface area contributed by atoms with Crippen LogP contribution in [0, 0.1) is 5.82 Å². The summed E-state index contributed by atoms with van der Waals surface area (Å²) >= 11 is 1.37. The van der Waals surface area contributed by atoms with Gasteiger partial charge >= 0.3 is 0 Å². The van der Waals surface area contributed by atoms with Gasteiger partial charge in [-0.25, -0.2) is 9.37 Å². The summed E-state index contributed by atoms with van der Waals surface area (Å²) in [5.74, 6) is -0.221. The topological polar surface area (TPSA) is 61.7 Å². The lowest BCUT2D eigenvalue weighted by Crippen LogP contribution is -2.64. The van der Waals surface area contributed by atoms with E-state index in [4.69, 9.17) is 0 Å². The number of likely N-dealkylation sites (tertiary alicyclic amines) is 1. The Hall–Kier alpha value is -3.27. The van der Waals surface area contributed by atoms with Crippen molar-refractivity contribution in [3.05, 3.63) is 82.7 Å². The van der Waals surface area contributed by atoms with Gasteiger partial charge in [0.05, 0.1) is 5.52 Å². The van der Waals surface area contributed by atoms with E-state index >= 15 is 0 Å². The molecule has 0 saturated carbocycles. The zero-order valence-corrected chi connectivity index (χ0v) is 21.1. The van der Waals surface area contributed by atoms with E-state index in [0.29, 0.717) is 42.8 Å². The summed E-state index contributed by atoms with van der Waals surface area (Å²) in [7, 11) is 0. The molecular formula is C26H25ClFN5O2S. The summed E-state index contributed by atoms with van der Waals surface area (Å²) in [6.07, 6.45) is 3.59. The van der Waals surface area contributed by atoms with Gasteiger partial charge in [0.15, 0.2) is 5.01 Å². The molecule has 2 saturated heterocycles. The highest BCUT2D eigenvalue weighted by Gasteiger charge is 2.37. The normalized spacial score (nSPS) is 16.6. The van der Waals surface area contributed by atoms with Gasteiger partial charge in [-0.3, -0.25) is 14.5 Å². The second-order valence-electron chi connectivity index (χ2n) is 8.97. The number of halogens is 2. The molecule has 0 atom stereocenters. The minimum absolute atomic E-state index is 0. The number of thiazole rings is 1. The van der Waals surface area contributed by atoms with Gasteiger partial charge in [0.25, 0.3) is 11.8 Å². The fourth-order valence-corrected chi connectivity index (χ4v) is 5.49. The lowest BCUT2D eigenvalue weighted by atomic mass is 10.0. The van der Waals surface area contributed by atoms with Crippen molar-refractivity contribution in [3.8, 4) is 5.69 Å². The highest BCUT2D eigenvalue weighted by molar-refractivity contribution is 7.11. The number of hydrogen-bond donors (Lipinski definition) is 0. The molecule has 7 nitrogen and oxygen atoms in total. The van der Waals surface area contributed by atoms with Crippen molar-refractivity contribution < 1.29 is 14.0 Å². The maximum atomic E-state index is 13.3. The van der Waals surface area contributed by atoms with E-state index in [1.165, 1.54) is 23.5 Å². The third-order valence-corrected chi connectivity index (χ3v) is 7.69. The van der Waals surface area contributed by atoms with E-state index in [-0.39, 0.29) is 30.0 Å². The van der Waals surface area contributed by atoms with E-state index < -0.39 is 0 Å². The van der Waals surface area contributed by atoms with Crippen LogP contribution in [0.5, 0.6) is 0 Å². The van der Waals surface area contributed by atoms with Crippen molar-refractivity contribution in [2.24, 2.45) is 0 Å². The third-order valence-electron chi connectivity index (χ3n) is 6.92. The first kappa shape index (κ1) is 24.4. The van der Waals surface area contributed by atoms with Gasteiger partial charge in [0.1, 0.15) is 5.82 Å². The predicted molar refractivity (Wildman–Crippen MR) is 140 cm³/mol. The largest absolute Gasteiger partial charge is 0.335 e. The number of carbonyl (C=O) groups is 2. The minimum atomic E-state index is -0.267. The Bertz CT molecular complexity index is 1380. The Morgan fingerprint density at radius 1 is 0.917 bits per heavy atom. The van der Waals surface area contributed by atoms with E-state index in [0.717, 1.165) is 29.7 Å². The van der Waals surface area contributed by atoms with Gasteiger partial charge < -0.3 is 14.4 Å². The number of benzene rings is 2. The Kier molecular flexibility index (Phi) is 6.79. The molecule has 2 aliphatic heterocycles. The highest BCUT2D eigenvalue weighted by Crippen LogP contribution is 2.25. The molecule has 0 unspecified atom stereocenters. The van der Waals surface area contributed by atoms with Gasteiger partial charge in [0.2, 0.25) is 0 Å². The number of amides is 2. The van der Waals surface area contributed by atoms with E-state index in [9.17, 15) is 14.0 Å². The Morgan fingerprint density at radius 2 is 1.67 bits per heavy atom. The maximum absolute atomic E-state index is 13.3. The molecule has 0 aliphatic carbocycles. The predicted octanol–water partition coefficient (Wildman–Crippen LogP) is 3.93. The van der Waals surface area contributed by atoms with Crippen LogP contribution in [0.3, 0.4) is 0 Å². The summed E-state index contributed by atoms with van der Waals surface area (Å²) in [6, 6.07) is 14.4. The van der Waals surface area contributed by atoms with Gasteiger partial charge in [-0.05, 0) is 48.5 Å². The van der Waals surface area contributed by atoms with Crippen molar-refractivity contribution in [3.63, 3.8) is 0 Å². The number of fused-ring (bicyclic) bond motifs is 1. The van der Waals surface area contributed by atoms with Crippen molar-refractivity contribution in [1.82, 2.24) is 24.3 Å². The van der Waals surface area contributed by atoms with E-state index in [1.807, 2.05) is 50.2 Å². The van der Waals surface area contributed by atoms with Crippen LogP contribution in [0.25, 0.3) is 16.6 Å². The molecule has 6 rings (SSSR count). The standard InChI is InChI=1S/C26H24FN5O2S.ClH/c27-20-2-4-21(5-3-20)32-9-7-18-15-19(1-6-23(18)32)25(33)31-16-22(17-31)29-10-12-30(13-11-29)26(34)24-28-8-14-35-24;/h1-9,14-15,22H,10-13,16-17H2;1H. The SMILES string of the molecule is Cl.O=C(c1ccc2c(ccn2-c2ccc(F)cc2)c1)N1CC(N2CCN(C(=O)c3nccs3)CC2)C1. The molecule has 0 radical (unpaired) electrons. The first-order valence-corrected chi connectivity index (χ1v) is 12.5. The lowest BCUT2D eigenvalue weighted by molar-refractivity contribution is 0.00854. The first-order chi connectivity index (χ1) is 17.1. The average molecular weight is 526 g/mol. The van der Waals surface area contributed by atoms with Gasteiger partial charge in [-0.2, -0.15) is 0 Å². The Labute approximate surface area is 218 Å². The molecule has 4 heterocycles. The quantitative estimate of drug-likeness (QED) is 0.405. The molecule has 2 fully saturated rings. The smallest absolute Gasteiger partial charge is 0.282 e. The van der Waals surface area contributed by atoms with Crippen molar-refractivity contribution >= 4 is 46.5 Å². The van der Waals surface area contributed by atoms with Crippen LogP contribution in [0.1, 0.15) is 20.2 Å². The van der Waals surface area contributed by atoms with Crippen molar-refractivity contribution in [1.29, 1.82) is 0 Å². The number of hydrogen-bond acceptors (Lipinski definition) is 5. The maximum Gasteiger partial charge on any atom is 0.282 e. The molecule has 0 N–H and O–H groups in total. The number of aromatic nitrogens is 2. The first-order valence-electron chi connectivity index (χ1n) is 11.7. The zero-order chi connectivity index (χ0) is 23.9. The molecular weight excluding hydrogens is 501 g/mol. The van der Waals surface area contributed by atoms with Gasteiger partial charge in [-0.15, -0.1) is 23.7 Å². The molecule has 4 aromatic rings. The minimum Gasteiger partial charge on any atom is -0.335 e. The van der Waals surface area contributed by atoms with Crippen LogP contribution >= 0.6 is 23.7 Å². The zero-order valence-electron chi connectivity index (χ0n) is 19.4. The van der Waals surface area contributed by atoms with Crippen LogP contribution in [-0.2, 0) is 0 Å². The molecule has 0 spiro atoms. The Morgan fingerprint density at radius 3 is 2.36 bits per heavy atom. The van der Waals surface area contributed by atoms with Crippen molar-refractivity contribution in [2.45, 2.75) is 6.04 Å². The second-order valence-corrected chi connectivity index (χ2v) is 9.86. The van der Waals surface area contributed by atoms with E-state index in [2.05, 4.69) is 9.88 Å². The van der Waals surface area contributed by atoms with Gasteiger partial charge in [0, 0.05) is 79.7 Å². The fourth-order valence-electron chi connectivity index (χ4n) is 4.89. The number of rotatable bonds is 4. The fraction of sp³-hybridized carbons (Fsp3) is 0.269. The number of piperazine rings is 1. The molecule has 0 bridgehead atoms. The van der Waals surface area contributed by atoms with Crippen LogP contribution in [0.15, 0.2) is 66.3 Å². The van der Waals surface area contributed by atoms with Crippen LogP contribution in [-0.4, -0.2) is 81.4 Å². The van der Waals surface area contributed by atoms with Crippen LogP contribution in [0.2, 0.25) is 0 Å². The molecule has 2 amide bonds. The molecule has 2 aliphatic rings. The highest BCUT2D eigenvalue weighted by atomic mass is 35.5. The monoisotopic (exact) mass is 525 g/mol. The van der Waals surface area contributed by atoms with Crippen LogP contribution < -0.4 is 0 Å². The molecule has 186 valence electrons. The third kappa shape index (κ3) is 4.50. The number of nitrogens with zero attached hydrogens (tertiary/aromatic N) is 5. The summed E-state index contributed by atoms with van der Waals surface area (Å²) in [5.41, 5.74) is 2.52. The molecule has 36 heavy (non-hydrogen) atoms. The Balaban J connectivity index is 0.00000267. The molecule has 2 aromatic carbocycles. The molecule has 10 heteroatoms. The summed E-state index contributed by atoms with van der Waals surface area (Å²) in [6.45, 7) is 4.40. The van der Waals surface area contributed by atoms with E-state index in [1.54, 1.807) is 18.3 Å². The summed E-state index contributed by atoms with van der Waals surface area (Å²) in [4.78, 5) is 35.8. The average Bonchev–Trinajstić information content (AvgIpc) is 3.54. The summed E-state index contributed by atoms with van der Waals surface area (Å²) < 4.78 is 15.3. The summed E-state index contributed by atoms with van der Waals surface area (Å²) in [5, 5.41) is 3.34. The van der Waals surface area contributed by atoms with Gasteiger partial charge in [-0.1, -0.05) is 0 Å². The molecule has 2 aromatic heterocycles. The lowest BCUT2D eigenvalue weighted by Gasteiger charge is -2.48.